The molecule has 2 heterocycles. The van der Waals surface area contributed by atoms with Gasteiger partial charge in [0.1, 0.15) is 11.6 Å². The quantitative estimate of drug-likeness (QED) is 0.453. The van der Waals surface area contributed by atoms with Gasteiger partial charge in [-0.15, -0.1) is 0 Å². The van der Waals surface area contributed by atoms with Crippen LogP contribution in [0.5, 0.6) is 0 Å². The molecule has 0 aliphatic heterocycles. The van der Waals surface area contributed by atoms with Crippen LogP contribution >= 0.6 is 11.6 Å². The van der Waals surface area contributed by atoms with Gasteiger partial charge in [0.15, 0.2) is 0 Å². The first-order valence-electron chi connectivity index (χ1n) is 8.50. The Morgan fingerprint density at radius 2 is 1.69 bits per heavy atom. The van der Waals surface area contributed by atoms with Gasteiger partial charge in [-0.2, -0.15) is 0 Å². The Balaban J connectivity index is 1.94. The van der Waals surface area contributed by atoms with Crippen molar-refractivity contribution in [1.82, 2.24) is 4.40 Å². The average molecular weight is 412 g/mol. The van der Waals surface area contributed by atoms with Crippen LogP contribution in [0.15, 0.2) is 66.9 Å². The van der Waals surface area contributed by atoms with Crippen molar-refractivity contribution in [3.63, 3.8) is 0 Å². The van der Waals surface area contributed by atoms with Gasteiger partial charge in [-0.1, -0.05) is 29.8 Å². The highest BCUT2D eigenvalue weighted by Crippen LogP contribution is 2.32. The van der Waals surface area contributed by atoms with Gasteiger partial charge in [0.25, 0.3) is 0 Å². The van der Waals surface area contributed by atoms with Gasteiger partial charge in [0.2, 0.25) is 5.78 Å². The van der Waals surface area contributed by atoms with Crippen molar-refractivity contribution < 1.29 is 23.5 Å². The van der Waals surface area contributed by atoms with Crippen LogP contribution < -0.4 is 0 Å². The summed E-state index contributed by atoms with van der Waals surface area (Å²) in [6.07, 6.45) is 1.60. The summed E-state index contributed by atoms with van der Waals surface area (Å²) in [7, 11) is 0. The van der Waals surface area contributed by atoms with E-state index in [-0.39, 0.29) is 27.4 Å². The Labute approximate surface area is 168 Å². The highest BCUT2D eigenvalue weighted by atomic mass is 35.5. The van der Waals surface area contributed by atoms with E-state index in [0.29, 0.717) is 11.1 Å². The first-order chi connectivity index (χ1) is 13.9. The molecule has 0 aliphatic rings. The molecule has 0 spiro atoms. The number of pyridine rings is 1. The highest BCUT2D eigenvalue weighted by Gasteiger charge is 2.23. The second-order valence-corrected chi connectivity index (χ2v) is 6.73. The molecule has 29 heavy (non-hydrogen) atoms. The maximum absolute atomic E-state index is 14.6. The van der Waals surface area contributed by atoms with Crippen LogP contribution in [0.25, 0.3) is 16.6 Å². The van der Waals surface area contributed by atoms with Gasteiger partial charge in [-0.25, -0.2) is 13.6 Å². The first-order valence-corrected chi connectivity index (χ1v) is 8.88. The van der Waals surface area contributed by atoms with E-state index in [9.17, 15) is 18.4 Å². The molecule has 4 nitrogen and oxygen atoms in total. The zero-order chi connectivity index (χ0) is 20.7. The second kappa shape index (κ2) is 7.14. The molecule has 0 atom stereocenters. The van der Waals surface area contributed by atoms with Gasteiger partial charge in [0, 0.05) is 17.3 Å². The van der Waals surface area contributed by atoms with Crippen molar-refractivity contribution in [3.8, 4) is 11.1 Å². The van der Waals surface area contributed by atoms with Crippen LogP contribution in [0.1, 0.15) is 26.4 Å². The standard InChI is InChI=1S/C22H12ClF2NO3/c23-15-4-3-5-16(24)20(15)21(27)19-11-14(18-6-1-2-9-26(18)19)13-8-7-12(22(28)29)10-17(13)25/h1-11H,(H,28,29). The lowest BCUT2D eigenvalue weighted by Crippen LogP contribution is -2.08. The van der Waals surface area contributed by atoms with Crippen LogP contribution in [-0.2, 0) is 0 Å². The van der Waals surface area contributed by atoms with Gasteiger partial charge in [-0.3, -0.25) is 4.79 Å². The topological polar surface area (TPSA) is 58.8 Å². The predicted molar refractivity (Wildman–Crippen MR) is 105 cm³/mol. The third-order valence-electron chi connectivity index (χ3n) is 4.61. The van der Waals surface area contributed by atoms with Crippen LogP contribution in [-0.4, -0.2) is 21.3 Å². The maximum Gasteiger partial charge on any atom is 0.335 e. The number of benzene rings is 2. The van der Waals surface area contributed by atoms with Crippen LogP contribution in [0.4, 0.5) is 8.78 Å². The summed E-state index contributed by atoms with van der Waals surface area (Å²) in [6, 6.07) is 14.0. The number of ketones is 1. The number of carboxylic acid groups (broad SMARTS) is 1. The summed E-state index contributed by atoms with van der Waals surface area (Å²) in [5.41, 5.74) is 0.637. The van der Waals surface area contributed by atoms with Crippen LogP contribution in [0, 0.1) is 11.6 Å². The lowest BCUT2D eigenvalue weighted by atomic mass is 10.0. The molecule has 0 aliphatic carbocycles. The number of nitrogens with zero attached hydrogens (tertiary/aromatic N) is 1. The number of aromatic nitrogens is 1. The number of rotatable bonds is 4. The highest BCUT2D eigenvalue weighted by molar-refractivity contribution is 6.35. The fraction of sp³-hybridized carbons (Fsp3) is 0. The fourth-order valence-corrected chi connectivity index (χ4v) is 3.50. The van der Waals surface area contributed by atoms with Crippen molar-refractivity contribution in [2.24, 2.45) is 0 Å². The minimum Gasteiger partial charge on any atom is -0.478 e. The zero-order valence-corrected chi connectivity index (χ0v) is 15.5. The van der Waals surface area contributed by atoms with E-state index >= 15 is 0 Å². The van der Waals surface area contributed by atoms with E-state index in [1.165, 1.54) is 34.7 Å². The molecule has 1 N–H and O–H groups in total. The number of hydrogen-bond donors (Lipinski definition) is 1. The predicted octanol–water partition coefficient (Wildman–Crippen LogP) is 5.47. The smallest absolute Gasteiger partial charge is 0.335 e. The summed E-state index contributed by atoms with van der Waals surface area (Å²) in [5, 5.41) is 9.01. The summed E-state index contributed by atoms with van der Waals surface area (Å²) in [4.78, 5) is 24.1. The second-order valence-electron chi connectivity index (χ2n) is 6.32. The molecule has 0 saturated heterocycles. The van der Waals surface area contributed by atoms with E-state index in [2.05, 4.69) is 0 Å². The lowest BCUT2D eigenvalue weighted by Gasteiger charge is -2.05. The lowest BCUT2D eigenvalue weighted by molar-refractivity contribution is 0.0696. The Hall–Kier alpha value is -3.51. The molecule has 4 rings (SSSR count). The zero-order valence-electron chi connectivity index (χ0n) is 14.7. The van der Waals surface area contributed by atoms with E-state index in [0.717, 1.165) is 12.1 Å². The van der Waals surface area contributed by atoms with Crippen LogP contribution in [0.2, 0.25) is 5.02 Å². The van der Waals surface area contributed by atoms with Gasteiger partial charge in [-0.05, 0) is 42.5 Å². The monoisotopic (exact) mass is 411 g/mol. The number of aromatic carboxylic acids is 1. The van der Waals surface area contributed by atoms with Crippen molar-refractivity contribution in [1.29, 1.82) is 0 Å². The third-order valence-corrected chi connectivity index (χ3v) is 4.92. The van der Waals surface area contributed by atoms with E-state index in [1.807, 2.05) is 0 Å². The Morgan fingerprint density at radius 3 is 2.38 bits per heavy atom. The molecule has 0 unspecified atom stereocenters. The summed E-state index contributed by atoms with van der Waals surface area (Å²) >= 11 is 6.04. The molecule has 2 aromatic heterocycles. The number of carboxylic acids is 1. The molecule has 0 bridgehead atoms. The third kappa shape index (κ3) is 3.17. The largest absolute Gasteiger partial charge is 0.478 e. The Bertz CT molecular complexity index is 1280. The summed E-state index contributed by atoms with van der Waals surface area (Å²) < 4.78 is 30.4. The number of fused-ring (bicyclic) bond motifs is 1. The maximum atomic E-state index is 14.6. The van der Waals surface area contributed by atoms with Crippen molar-refractivity contribution in [2.45, 2.75) is 0 Å². The van der Waals surface area contributed by atoms with E-state index < -0.39 is 23.4 Å². The first kappa shape index (κ1) is 18.8. The molecule has 0 fully saturated rings. The van der Waals surface area contributed by atoms with Gasteiger partial charge >= 0.3 is 5.97 Å². The van der Waals surface area contributed by atoms with Crippen molar-refractivity contribution in [2.75, 3.05) is 0 Å². The minimum atomic E-state index is -1.25. The number of hydrogen-bond acceptors (Lipinski definition) is 2. The van der Waals surface area contributed by atoms with Crippen LogP contribution in [0.3, 0.4) is 0 Å². The fourth-order valence-electron chi connectivity index (χ4n) is 3.25. The van der Waals surface area contributed by atoms with Gasteiger partial charge < -0.3 is 9.51 Å². The minimum absolute atomic E-state index is 0.0283. The Kier molecular flexibility index (Phi) is 4.64. The molecule has 0 radical (unpaired) electrons. The number of carbonyl (C=O) groups excluding carboxylic acids is 1. The molecule has 7 heteroatoms. The molecule has 0 saturated carbocycles. The number of halogens is 3. The average Bonchev–Trinajstić information content (AvgIpc) is 3.07. The van der Waals surface area contributed by atoms with Crippen molar-refractivity contribution >= 4 is 28.9 Å². The van der Waals surface area contributed by atoms with E-state index in [1.54, 1.807) is 24.4 Å². The number of carbonyl (C=O) groups is 2. The summed E-state index contributed by atoms with van der Waals surface area (Å²) in [5.74, 6) is -3.40. The molecule has 144 valence electrons. The molecular weight excluding hydrogens is 400 g/mol. The molecule has 2 aromatic carbocycles. The summed E-state index contributed by atoms with van der Waals surface area (Å²) in [6.45, 7) is 0. The van der Waals surface area contributed by atoms with Gasteiger partial charge in [0.05, 0.1) is 27.4 Å². The molecule has 4 aromatic rings. The molecular formula is C22H12ClF2NO3. The molecule has 0 amide bonds. The Morgan fingerprint density at radius 1 is 0.897 bits per heavy atom. The van der Waals surface area contributed by atoms with E-state index in [4.69, 9.17) is 16.7 Å². The SMILES string of the molecule is O=C(O)c1ccc(-c2cc(C(=O)c3c(F)cccc3Cl)n3ccccc23)c(F)c1. The normalized spacial score (nSPS) is 11.0. The van der Waals surface area contributed by atoms with Crippen molar-refractivity contribution in [3.05, 3.63) is 100 Å².